The molecule has 2 aliphatic heterocycles. The number of nitro groups is 1. The van der Waals surface area contributed by atoms with Crippen molar-refractivity contribution in [1.82, 2.24) is 4.31 Å². The molecule has 0 spiro atoms. The van der Waals surface area contributed by atoms with E-state index in [1.54, 1.807) is 0 Å². The molecule has 3 unspecified atom stereocenters. The third kappa shape index (κ3) is 2.29. The predicted molar refractivity (Wildman–Crippen MR) is 74.6 cm³/mol. The number of nitrogens with zero attached hydrogens (tertiary/aromatic N) is 2. The van der Waals surface area contributed by atoms with Crippen LogP contribution in [0.5, 0.6) is 0 Å². The van der Waals surface area contributed by atoms with Crippen molar-refractivity contribution in [2.75, 3.05) is 0 Å². The molecular weight excluding hydrogens is 331 g/mol. The molecule has 1 N–H and O–H groups in total. The van der Waals surface area contributed by atoms with Crippen LogP contribution in [0.15, 0.2) is 23.1 Å². The van der Waals surface area contributed by atoms with Crippen LogP contribution in [0.3, 0.4) is 0 Å². The summed E-state index contributed by atoms with van der Waals surface area (Å²) in [6.07, 6.45) is 1.04. The molecule has 2 saturated heterocycles. The number of fused-ring (bicyclic) bond motifs is 2. The van der Waals surface area contributed by atoms with Crippen LogP contribution in [-0.4, -0.2) is 40.8 Å². The Kier molecular flexibility index (Phi) is 3.60. The first-order chi connectivity index (χ1) is 10.7. The Hall–Kier alpha value is -2.07. The Morgan fingerprint density at radius 3 is 2.65 bits per heavy atom. The first-order valence-corrected chi connectivity index (χ1v) is 8.38. The number of carboxylic acid groups (broad SMARTS) is 1. The van der Waals surface area contributed by atoms with Crippen molar-refractivity contribution in [2.24, 2.45) is 5.92 Å². The monoisotopic (exact) mass is 344 g/mol. The Balaban J connectivity index is 2.10. The van der Waals surface area contributed by atoms with Gasteiger partial charge in [-0.2, -0.15) is 8.70 Å². The minimum Gasteiger partial charge on any atom is -0.481 e. The minimum atomic E-state index is -4.35. The molecule has 2 bridgehead atoms. The van der Waals surface area contributed by atoms with Crippen LogP contribution in [0.4, 0.5) is 10.1 Å². The molecular formula is C13H13FN2O6S. The molecule has 2 fully saturated rings. The van der Waals surface area contributed by atoms with E-state index in [0.717, 1.165) is 22.5 Å². The number of hydrogen-bond donors (Lipinski definition) is 1. The fourth-order valence-electron chi connectivity index (χ4n) is 3.57. The van der Waals surface area contributed by atoms with Gasteiger partial charge in [0.15, 0.2) is 4.90 Å². The molecule has 2 heterocycles. The third-order valence-electron chi connectivity index (χ3n) is 4.48. The lowest BCUT2D eigenvalue weighted by Gasteiger charge is -2.22. The molecule has 3 rings (SSSR count). The molecule has 1 aromatic carbocycles. The van der Waals surface area contributed by atoms with Gasteiger partial charge in [0.25, 0.3) is 10.0 Å². The van der Waals surface area contributed by atoms with Gasteiger partial charge >= 0.3 is 11.7 Å². The maximum atomic E-state index is 13.7. The van der Waals surface area contributed by atoms with Crippen molar-refractivity contribution in [1.29, 1.82) is 0 Å². The number of sulfonamides is 1. The first-order valence-electron chi connectivity index (χ1n) is 6.94. The lowest BCUT2D eigenvalue weighted by molar-refractivity contribution is -0.390. The molecule has 124 valence electrons. The van der Waals surface area contributed by atoms with Gasteiger partial charge < -0.3 is 5.11 Å². The maximum Gasteiger partial charge on any atom is 0.324 e. The molecule has 8 nitrogen and oxygen atoms in total. The number of aliphatic carboxylic acids is 1. The largest absolute Gasteiger partial charge is 0.481 e. The van der Waals surface area contributed by atoms with Crippen LogP contribution in [0.1, 0.15) is 19.3 Å². The fourth-order valence-corrected chi connectivity index (χ4v) is 5.66. The number of carbonyl (C=O) groups is 1. The van der Waals surface area contributed by atoms with Crippen LogP contribution >= 0.6 is 0 Å². The lowest BCUT2D eigenvalue weighted by atomic mass is 9.89. The number of benzene rings is 1. The van der Waals surface area contributed by atoms with Crippen molar-refractivity contribution >= 4 is 21.7 Å². The standard InChI is InChI=1S/C13H13FN2O6S/c14-9-2-1-3-11(12(9)16(19)20)23(21,22)15-7-4-5-10(15)8(6-7)13(17)18/h1-3,7-8,10H,4-6H2,(H,17,18). The fraction of sp³-hybridized carbons (Fsp3) is 0.462. The van der Waals surface area contributed by atoms with Crippen LogP contribution in [-0.2, 0) is 14.8 Å². The lowest BCUT2D eigenvalue weighted by Crippen LogP contribution is -2.38. The average Bonchev–Trinajstić information content (AvgIpc) is 3.04. The quantitative estimate of drug-likeness (QED) is 0.651. The molecule has 0 radical (unpaired) electrons. The molecule has 10 heteroatoms. The highest BCUT2D eigenvalue weighted by Crippen LogP contribution is 2.46. The summed E-state index contributed by atoms with van der Waals surface area (Å²) < 4.78 is 40.3. The third-order valence-corrected chi connectivity index (χ3v) is 6.49. The van der Waals surface area contributed by atoms with E-state index in [1.165, 1.54) is 0 Å². The van der Waals surface area contributed by atoms with Crippen LogP contribution < -0.4 is 0 Å². The number of halogens is 1. The van der Waals surface area contributed by atoms with Crippen LogP contribution in [0.2, 0.25) is 0 Å². The highest BCUT2D eigenvalue weighted by Gasteiger charge is 2.55. The summed E-state index contributed by atoms with van der Waals surface area (Å²) in [5.41, 5.74) is -1.11. The van der Waals surface area contributed by atoms with Crippen molar-refractivity contribution < 1.29 is 27.6 Å². The normalized spacial score (nSPS) is 27.3. The van der Waals surface area contributed by atoms with Gasteiger partial charge in [0.05, 0.1) is 10.8 Å². The van der Waals surface area contributed by atoms with E-state index in [1.807, 2.05) is 0 Å². The average molecular weight is 344 g/mol. The van der Waals surface area contributed by atoms with Gasteiger partial charge in [-0.05, 0) is 31.4 Å². The van der Waals surface area contributed by atoms with Gasteiger partial charge in [-0.15, -0.1) is 0 Å². The summed E-state index contributed by atoms with van der Waals surface area (Å²) in [6.45, 7) is 0. The summed E-state index contributed by atoms with van der Waals surface area (Å²) in [5.74, 6) is -3.17. The molecule has 0 aliphatic carbocycles. The van der Waals surface area contributed by atoms with Gasteiger partial charge in [-0.3, -0.25) is 14.9 Å². The number of carboxylic acids is 1. The highest BCUT2D eigenvalue weighted by molar-refractivity contribution is 7.89. The molecule has 3 atom stereocenters. The van der Waals surface area contributed by atoms with Crippen molar-refractivity contribution in [3.8, 4) is 0 Å². The SMILES string of the molecule is O=C(O)C1CC2CCC1N2S(=O)(=O)c1cccc(F)c1[N+](=O)[O-]. The summed E-state index contributed by atoms with van der Waals surface area (Å²) in [4.78, 5) is 20.5. The Bertz CT molecular complexity index is 796. The smallest absolute Gasteiger partial charge is 0.324 e. The minimum absolute atomic E-state index is 0.169. The summed E-state index contributed by atoms with van der Waals surface area (Å²) in [7, 11) is -4.35. The van der Waals surface area contributed by atoms with E-state index >= 15 is 0 Å². The van der Waals surface area contributed by atoms with Crippen molar-refractivity contribution in [3.63, 3.8) is 0 Å². The summed E-state index contributed by atoms with van der Waals surface area (Å²) in [6, 6.07) is 1.61. The first kappa shape index (κ1) is 15.8. The van der Waals surface area contributed by atoms with Crippen LogP contribution in [0.25, 0.3) is 0 Å². The van der Waals surface area contributed by atoms with E-state index in [0.29, 0.717) is 12.8 Å². The van der Waals surface area contributed by atoms with Crippen LogP contribution in [0, 0.1) is 21.8 Å². The highest BCUT2D eigenvalue weighted by atomic mass is 32.2. The van der Waals surface area contributed by atoms with Crippen molar-refractivity contribution in [2.45, 2.75) is 36.2 Å². The molecule has 0 aromatic heterocycles. The number of hydrogen-bond acceptors (Lipinski definition) is 5. The van der Waals surface area contributed by atoms with Gasteiger partial charge in [-0.25, -0.2) is 8.42 Å². The molecule has 0 saturated carbocycles. The second kappa shape index (κ2) is 5.24. The van der Waals surface area contributed by atoms with Gasteiger partial charge in [0, 0.05) is 12.1 Å². The zero-order valence-electron chi connectivity index (χ0n) is 11.8. The van der Waals surface area contributed by atoms with E-state index in [-0.39, 0.29) is 6.42 Å². The molecule has 0 amide bonds. The Morgan fingerprint density at radius 1 is 1.39 bits per heavy atom. The molecule has 2 aliphatic rings. The number of rotatable bonds is 4. The zero-order valence-corrected chi connectivity index (χ0v) is 12.6. The topological polar surface area (TPSA) is 118 Å². The van der Waals surface area contributed by atoms with E-state index in [4.69, 9.17) is 0 Å². The predicted octanol–water partition coefficient (Wildman–Crippen LogP) is 1.36. The van der Waals surface area contributed by atoms with Gasteiger partial charge in [-0.1, -0.05) is 6.07 Å². The Morgan fingerprint density at radius 2 is 2.09 bits per heavy atom. The van der Waals surface area contributed by atoms with Crippen molar-refractivity contribution in [3.05, 3.63) is 34.1 Å². The number of nitro benzene ring substituents is 1. The van der Waals surface area contributed by atoms with E-state index < -0.39 is 55.3 Å². The van der Waals surface area contributed by atoms with E-state index in [9.17, 15) is 32.8 Å². The maximum absolute atomic E-state index is 13.7. The Labute approximate surface area is 130 Å². The zero-order chi connectivity index (χ0) is 16.9. The molecule has 23 heavy (non-hydrogen) atoms. The molecule has 1 aromatic rings. The summed E-state index contributed by atoms with van der Waals surface area (Å²) in [5, 5.41) is 20.2. The second-order valence-corrected chi connectivity index (χ2v) is 7.47. The second-order valence-electron chi connectivity index (χ2n) is 5.66. The van der Waals surface area contributed by atoms with Gasteiger partial charge in [0.1, 0.15) is 0 Å². The number of para-hydroxylation sites is 1. The van der Waals surface area contributed by atoms with E-state index in [2.05, 4.69) is 0 Å². The van der Waals surface area contributed by atoms with Gasteiger partial charge in [0.2, 0.25) is 5.82 Å². The summed E-state index contributed by atoms with van der Waals surface area (Å²) >= 11 is 0.